The molecule has 1 fully saturated rings. The molecule has 3 atom stereocenters. The maximum atomic E-state index is 14.6. The van der Waals surface area contributed by atoms with Crippen LogP contribution < -0.4 is 11.1 Å². The molecule has 4 N–H and O–H groups in total. The van der Waals surface area contributed by atoms with E-state index >= 15 is 0 Å². The van der Waals surface area contributed by atoms with Crippen molar-refractivity contribution in [2.24, 2.45) is 0 Å². The van der Waals surface area contributed by atoms with Crippen molar-refractivity contribution in [3.05, 3.63) is 47.3 Å². The van der Waals surface area contributed by atoms with E-state index in [0.29, 0.717) is 22.7 Å². The second-order valence-electron chi connectivity index (χ2n) is 9.48. The van der Waals surface area contributed by atoms with E-state index in [4.69, 9.17) is 5.73 Å². The van der Waals surface area contributed by atoms with Crippen molar-refractivity contribution in [1.29, 1.82) is 0 Å². The maximum absolute atomic E-state index is 14.6. The summed E-state index contributed by atoms with van der Waals surface area (Å²) in [5.41, 5.74) is -3.95. The number of hydrogen-bond donors (Lipinski definition) is 3. The normalized spacial score (nSPS) is 19.7. The summed E-state index contributed by atoms with van der Waals surface area (Å²) in [6.45, 7) is -1.84. The standard InChI is InChI=1S/C23H18F10N6O3/c1-20(42,23(31,32)33)19(41)38-6-13(24)14(7-38)37-18(40)10-4-9(2-3-11(10)21(25,26)27)15-5-12(22(28,29)30)16-17(34)35-8-36-39(15)16/h2-5,8,13-14,42H,6-7H2,1H3,(H,37,40)(H2,34,35,36)/t13-,14+,20+/m0/s1. The molecule has 1 aliphatic heterocycles. The summed E-state index contributed by atoms with van der Waals surface area (Å²) in [4.78, 5) is 28.9. The van der Waals surface area contributed by atoms with Crippen LogP contribution in [0.1, 0.15) is 28.4 Å². The number of rotatable bonds is 4. The quantitative estimate of drug-likeness (QED) is 0.385. The Morgan fingerprint density at radius 3 is 2.19 bits per heavy atom. The minimum absolute atomic E-state index is 0.129. The number of anilines is 1. The minimum Gasteiger partial charge on any atom is -0.382 e. The smallest absolute Gasteiger partial charge is 0.382 e. The number of likely N-dealkylation sites (tertiary alicyclic amines) is 1. The van der Waals surface area contributed by atoms with Gasteiger partial charge in [-0.05, 0) is 25.1 Å². The molecule has 1 saturated heterocycles. The van der Waals surface area contributed by atoms with Gasteiger partial charge in [0.15, 0.2) is 5.82 Å². The van der Waals surface area contributed by atoms with Gasteiger partial charge in [0, 0.05) is 12.1 Å². The second-order valence-corrected chi connectivity index (χ2v) is 9.48. The Balaban J connectivity index is 1.72. The number of amides is 2. The Bertz CT molecular complexity index is 1550. The molecule has 0 unspecified atom stereocenters. The first-order valence-corrected chi connectivity index (χ1v) is 11.6. The summed E-state index contributed by atoms with van der Waals surface area (Å²) >= 11 is 0. The first-order valence-electron chi connectivity index (χ1n) is 11.6. The molecule has 42 heavy (non-hydrogen) atoms. The average Bonchev–Trinajstić information content (AvgIpc) is 3.43. The van der Waals surface area contributed by atoms with Gasteiger partial charge in [0.25, 0.3) is 11.8 Å². The van der Waals surface area contributed by atoms with Crippen LogP contribution in [0.15, 0.2) is 30.6 Å². The number of fused-ring (bicyclic) bond motifs is 1. The fourth-order valence-corrected chi connectivity index (χ4v) is 4.37. The van der Waals surface area contributed by atoms with E-state index in [1.807, 2.05) is 5.32 Å². The number of benzene rings is 1. The first kappa shape index (κ1) is 30.8. The highest BCUT2D eigenvalue weighted by molar-refractivity contribution is 5.98. The van der Waals surface area contributed by atoms with Gasteiger partial charge in [0.2, 0.25) is 5.60 Å². The largest absolute Gasteiger partial charge is 0.426 e. The summed E-state index contributed by atoms with van der Waals surface area (Å²) in [7, 11) is 0. The lowest BCUT2D eigenvalue weighted by Gasteiger charge is -2.29. The Morgan fingerprint density at radius 1 is 1.00 bits per heavy atom. The van der Waals surface area contributed by atoms with Crippen LogP contribution in [-0.2, 0) is 17.1 Å². The molecule has 3 aromatic rings. The van der Waals surface area contributed by atoms with Crippen molar-refractivity contribution >= 4 is 23.1 Å². The molecule has 3 heterocycles. The van der Waals surface area contributed by atoms with E-state index < -0.39 is 95.0 Å². The van der Waals surface area contributed by atoms with Crippen molar-refractivity contribution in [2.75, 3.05) is 18.8 Å². The van der Waals surface area contributed by atoms with Gasteiger partial charge < -0.3 is 21.1 Å². The number of nitrogen functional groups attached to an aromatic ring is 1. The second kappa shape index (κ2) is 9.99. The monoisotopic (exact) mass is 616 g/mol. The molecule has 2 aromatic heterocycles. The number of aliphatic hydroxyl groups is 1. The molecule has 9 nitrogen and oxygen atoms in total. The number of nitrogens with one attached hydrogen (secondary N) is 1. The number of aromatic nitrogens is 3. The number of carbonyl (C=O) groups excluding carboxylic acids is 2. The van der Waals surface area contributed by atoms with Crippen LogP contribution in [0.4, 0.5) is 49.7 Å². The molecule has 0 radical (unpaired) electrons. The molecule has 0 spiro atoms. The number of alkyl halides is 10. The van der Waals surface area contributed by atoms with Gasteiger partial charge in [0.1, 0.15) is 18.0 Å². The Labute approximate surface area is 227 Å². The molecule has 0 saturated carbocycles. The van der Waals surface area contributed by atoms with Gasteiger partial charge in [0.05, 0.1) is 35.0 Å². The third kappa shape index (κ3) is 5.39. The Hall–Kier alpha value is -4.16. The lowest BCUT2D eigenvalue weighted by molar-refractivity contribution is -0.249. The predicted octanol–water partition coefficient (Wildman–Crippen LogP) is 3.61. The predicted molar refractivity (Wildman–Crippen MR) is 122 cm³/mol. The van der Waals surface area contributed by atoms with Crippen molar-refractivity contribution in [3.63, 3.8) is 0 Å². The third-order valence-electron chi connectivity index (χ3n) is 6.57. The van der Waals surface area contributed by atoms with Crippen LogP contribution in [0.5, 0.6) is 0 Å². The fraction of sp³-hybridized carbons (Fsp3) is 0.391. The molecular formula is C23H18F10N6O3. The van der Waals surface area contributed by atoms with E-state index in [0.717, 1.165) is 12.4 Å². The van der Waals surface area contributed by atoms with Crippen molar-refractivity contribution < 1.29 is 58.6 Å². The van der Waals surface area contributed by atoms with Gasteiger partial charge in [-0.2, -0.15) is 44.6 Å². The highest BCUT2D eigenvalue weighted by atomic mass is 19.4. The highest BCUT2D eigenvalue weighted by Gasteiger charge is 2.58. The van der Waals surface area contributed by atoms with Crippen molar-refractivity contribution in [1.82, 2.24) is 24.8 Å². The van der Waals surface area contributed by atoms with E-state index in [1.165, 1.54) is 0 Å². The van der Waals surface area contributed by atoms with E-state index in [-0.39, 0.29) is 17.4 Å². The molecule has 19 heteroatoms. The average molecular weight is 616 g/mol. The number of nitrogens with zero attached hydrogens (tertiary/aromatic N) is 4. The molecule has 1 aromatic carbocycles. The van der Waals surface area contributed by atoms with Crippen LogP contribution in [0, 0.1) is 0 Å². The van der Waals surface area contributed by atoms with Gasteiger partial charge in [-0.15, -0.1) is 0 Å². The summed E-state index contributed by atoms with van der Waals surface area (Å²) in [6.07, 6.45) is -17.1. The van der Waals surface area contributed by atoms with Crippen molar-refractivity contribution in [3.8, 4) is 11.3 Å². The summed E-state index contributed by atoms with van der Waals surface area (Å²) in [6, 6.07) is 0.438. The zero-order chi connectivity index (χ0) is 31.6. The number of nitrogens with two attached hydrogens (primary N) is 1. The van der Waals surface area contributed by atoms with Gasteiger partial charge in [-0.3, -0.25) is 9.59 Å². The zero-order valence-corrected chi connectivity index (χ0v) is 20.9. The minimum atomic E-state index is -5.44. The van der Waals surface area contributed by atoms with E-state index in [9.17, 15) is 58.6 Å². The molecule has 2 amide bonds. The summed E-state index contributed by atoms with van der Waals surface area (Å²) in [5.74, 6) is -4.15. The van der Waals surface area contributed by atoms with Gasteiger partial charge >= 0.3 is 18.5 Å². The molecular weight excluding hydrogens is 598 g/mol. The SMILES string of the molecule is C[C@@](O)(C(=O)N1C[C@H](F)[C@H](NC(=O)c2cc(-c3cc(C(F)(F)F)c4c(N)ncnn34)ccc2C(F)(F)F)C1)C(F)(F)F. The van der Waals surface area contributed by atoms with Crippen LogP contribution in [0.2, 0.25) is 0 Å². The molecule has 0 aliphatic carbocycles. The maximum Gasteiger partial charge on any atom is 0.426 e. The molecule has 4 rings (SSSR count). The third-order valence-corrected chi connectivity index (χ3v) is 6.57. The van der Waals surface area contributed by atoms with Crippen LogP contribution in [0.25, 0.3) is 16.8 Å². The summed E-state index contributed by atoms with van der Waals surface area (Å²) in [5, 5.41) is 15.1. The van der Waals surface area contributed by atoms with E-state index in [2.05, 4.69) is 10.1 Å². The number of carbonyl (C=O) groups is 2. The van der Waals surface area contributed by atoms with Gasteiger partial charge in [-0.1, -0.05) is 6.07 Å². The van der Waals surface area contributed by atoms with Crippen molar-refractivity contribution in [2.45, 2.75) is 43.3 Å². The number of hydrogen-bond acceptors (Lipinski definition) is 6. The zero-order valence-electron chi connectivity index (χ0n) is 20.9. The fourth-order valence-electron chi connectivity index (χ4n) is 4.37. The van der Waals surface area contributed by atoms with E-state index in [1.54, 1.807) is 0 Å². The van der Waals surface area contributed by atoms with Crippen LogP contribution in [0.3, 0.4) is 0 Å². The van der Waals surface area contributed by atoms with Crippen LogP contribution in [-0.4, -0.2) is 73.5 Å². The molecule has 1 aliphatic rings. The topological polar surface area (TPSA) is 126 Å². The Morgan fingerprint density at radius 2 is 1.62 bits per heavy atom. The Kier molecular flexibility index (Phi) is 7.32. The first-order chi connectivity index (χ1) is 19.1. The molecule has 0 bridgehead atoms. The number of halogens is 10. The lowest BCUT2D eigenvalue weighted by Crippen LogP contribution is -2.56. The van der Waals surface area contributed by atoms with Crippen LogP contribution >= 0.6 is 0 Å². The highest BCUT2D eigenvalue weighted by Crippen LogP contribution is 2.40. The lowest BCUT2D eigenvalue weighted by atomic mass is 10.00. The van der Waals surface area contributed by atoms with Gasteiger partial charge in [-0.25, -0.2) is 13.9 Å². The summed E-state index contributed by atoms with van der Waals surface area (Å²) < 4.78 is 137. The molecule has 228 valence electrons.